The Morgan fingerprint density at radius 3 is 2.48 bits per heavy atom. The molecule has 3 heterocycles. The first-order valence-electron chi connectivity index (χ1n) is 10.8. The van der Waals surface area contributed by atoms with E-state index in [1.165, 1.54) is 23.5 Å². The average molecular weight is 472 g/mol. The van der Waals surface area contributed by atoms with Crippen LogP contribution in [0.2, 0.25) is 0 Å². The van der Waals surface area contributed by atoms with E-state index in [9.17, 15) is 14.0 Å². The van der Waals surface area contributed by atoms with Gasteiger partial charge in [-0.25, -0.2) is 19.2 Å². The third-order valence-corrected chi connectivity index (χ3v) is 6.68. The second-order valence-electron chi connectivity index (χ2n) is 7.87. The summed E-state index contributed by atoms with van der Waals surface area (Å²) in [6, 6.07) is 5.72. The average Bonchev–Trinajstić information content (AvgIpc) is 3.11. The van der Waals surface area contributed by atoms with Gasteiger partial charge in [0.05, 0.1) is 18.5 Å². The van der Waals surface area contributed by atoms with Gasteiger partial charge in [-0.1, -0.05) is 0 Å². The largest absolute Gasteiger partial charge is 0.462 e. The molecule has 4 rings (SSSR count). The van der Waals surface area contributed by atoms with E-state index in [1.54, 1.807) is 19.1 Å². The molecule has 0 unspecified atom stereocenters. The molecule has 1 N–H and O–H groups in total. The maximum absolute atomic E-state index is 13.0. The standard InChI is InChI=1S/C23H26FN5O3S/c1-4-32-23(31)20-14(2)19-21(25-15(3)26-22(19)33-20)29-11-9-28(10-12-29)13-18(30)27-17-7-5-16(24)6-8-17/h5-8H,4,9-13H2,1-3H3,(H,27,30). The monoisotopic (exact) mass is 471 g/mol. The van der Waals surface area contributed by atoms with E-state index in [0.29, 0.717) is 49.2 Å². The zero-order chi connectivity index (χ0) is 23.5. The minimum Gasteiger partial charge on any atom is -0.462 e. The zero-order valence-corrected chi connectivity index (χ0v) is 19.7. The molecule has 174 valence electrons. The van der Waals surface area contributed by atoms with Crippen LogP contribution in [0.15, 0.2) is 24.3 Å². The highest BCUT2D eigenvalue weighted by Gasteiger charge is 2.26. The topological polar surface area (TPSA) is 87.7 Å². The van der Waals surface area contributed by atoms with Crippen molar-refractivity contribution in [3.63, 3.8) is 0 Å². The van der Waals surface area contributed by atoms with Crippen molar-refractivity contribution < 1.29 is 18.7 Å². The van der Waals surface area contributed by atoms with Crippen molar-refractivity contribution in [2.24, 2.45) is 0 Å². The molecular weight excluding hydrogens is 445 g/mol. The SMILES string of the molecule is CCOC(=O)c1sc2nc(C)nc(N3CCN(CC(=O)Nc4ccc(F)cc4)CC3)c2c1C. The number of nitrogens with one attached hydrogen (secondary N) is 1. The molecule has 0 radical (unpaired) electrons. The molecule has 1 saturated heterocycles. The molecule has 3 aromatic rings. The number of hydrogen-bond donors (Lipinski definition) is 1. The van der Waals surface area contributed by atoms with Crippen molar-refractivity contribution in [2.45, 2.75) is 20.8 Å². The summed E-state index contributed by atoms with van der Waals surface area (Å²) in [6.07, 6.45) is 0. The van der Waals surface area contributed by atoms with Gasteiger partial charge in [-0.2, -0.15) is 0 Å². The first kappa shape index (κ1) is 23.1. The summed E-state index contributed by atoms with van der Waals surface area (Å²) in [6.45, 7) is 8.88. The lowest BCUT2D eigenvalue weighted by Gasteiger charge is -2.35. The fourth-order valence-electron chi connectivity index (χ4n) is 3.90. The van der Waals surface area contributed by atoms with E-state index in [4.69, 9.17) is 9.72 Å². The van der Waals surface area contributed by atoms with E-state index >= 15 is 0 Å². The molecule has 2 aromatic heterocycles. The number of piperazine rings is 1. The van der Waals surface area contributed by atoms with E-state index in [2.05, 4.69) is 20.1 Å². The summed E-state index contributed by atoms with van der Waals surface area (Å²) in [5.74, 6) is 0.655. The fraction of sp³-hybridized carbons (Fsp3) is 0.391. The number of aryl methyl sites for hydroxylation is 2. The maximum atomic E-state index is 13.0. The number of hydrogen-bond acceptors (Lipinski definition) is 8. The van der Waals surface area contributed by atoms with Crippen LogP contribution in [0.5, 0.6) is 0 Å². The van der Waals surface area contributed by atoms with Gasteiger partial charge in [-0.3, -0.25) is 9.69 Å². The van der Waals surface area contributed by atoms with Gasteiger partial charge in [-0.15, -0.1) is 11.3 Å². The second-order valence-corrected chi connectivity index (χ2v) is 8.87. The van der Waals surface area contributed by atoms with Crippen molar-refractivity contribution in [1.82, 2.24) is 14.9 Å². The maximum Gasteiger partial charge on any atom is 0.348 e. The van der Waals surface area contributed by atoms with Crippen LogP contribution in [0.3, 0.4) is 0 Å². The second kappa shape index (κ2) is 9.80. The number of esters is 1. The van der Waals surface area contributed by atoms with Crippen LogP contribution in [0, 0.1) is 19.7 Å². The van der Waals surface area contributed by atoms with Gasteiger partial charge in [0, 0.05) is 31.9 Å². The van der Waals surface area contributed by atoms with Gasteiger partial charge >= 0.3 is 5.97 Å². The minimum atomic E-state index is -0.339. The van der Waals surface area contributed by atoms with E-state index in [1.807, 2.05) is 13.8 Å². The number of halogens is 1. The molecule has 0 aliphatic carbocycles. The Morgan fingerprint density at radius 2 is 1.82 bits per heavy atom. The lowest BCUT2D eigenvalue weighted by molar-refractivity contribution is -0.117. The first-order valence-corrected chi connectivity index (χ1v) is 11.6. The molecule has 0 saturated carbocycles. The number of ether oxygens (including phenoxy) is 1. The number of thiophene rings is 1. The summed E-state index contributed by atoms with van der Waals surface area (Å²) < 4.78 is 18.2. The Labute approximate surface area is 195 Å². The van der Waals surface area contributed by atoms with Gasteiger partial charge in [0.25, 0.3) is 0 Å². The molecule has 1 aromatic carbocycles. The highest BCUT2D eigenvalue weighted by atomic mass is 32.1. The number of fused-ring (bicyclic) bond motifs is 1. The Balaban J connectivity index is 1.45. The Hall–Kier alpha value is -3.11. The molecule has 8 nitrogen and oxygen atoms in total. The van der Waals surface area contributed by atoms with Gasteiger partial charge in [0.1, 0.15) is 27.2 Å². The third kappa shape index (κ3) is 5.12. The predicted molar refractivity (Wildman–Crippen MR) is 127 cm³/mol. The van der Waals surface area contributed by atoms with Crippen LogP contribution in [0.25, 0.3) is 10.2 Å². The number of carbonyl (C=O) groups excluding carboxylic acids is 2. The quantitative estimate of drug-likeness (QED) is 0.552. The molecule has 1 amide bonds. The van der Waals surface area contributed by atoms with Crippen molar-refractivity contribution in [3.8, 4) is 0 Å². The van der Waals surface area contributed by atoms with Crippen molar-refractivity contribution in [1.29, 1.82) is 0 Å². The Bertz CT molecular complexity index is 1170. The lowest BCUT2D eigenvalue weighted by atomic mass is 10.1. The normalized spacial score (nSPS) is 14.5. The number of amides is 1. The predicted octanol–water partition coefficient (Wildman–Crippen LogP) is 3.38. The number of anilines is 2. The van der Waals surface area contributed by atoms with Crippen LogP contribution in [0.1, 0.15) is 28.0 Å². The number of benzene rings is 1. The summed E-state index contributed by atoms with van der Waals surface area (Å²) in [4.78, 5) is 39.6. The highest BCUT2D eigenvalue weighted by molar-refractivity contribution is 7.20. The first-order chi connectivity index (χ1) is 15.9. The summed E-state index contributed by atoms with van der Waals surface area (Å²) in [5.41, 5.74) is 1.41. The molecule has 0 bridgehead atoms. The smallest absolute Gasteiger partial charge is 0.348 e. The molecule has 10 heteroatoms. The number of rotatable bonds is 6. The zero-order valence-electron chi connectivity index (χ0n) is 18.9. The molecule has 0 spiro atoms. The number of nitrogens with zero attached hydrogens (tertiary/aromatic N) is 4. The van der Waals surface area contributed by atoms with Crippen LogP contribution < -0.4 is 10.2 Å². The number of aromatic nitrogens is 2. The Kier molecular flexibility index (Phi) is 6.85. The van der Waals surface area contributed by atoms with Crippen molar-refractivity contribution >= 4 is 44.9 Å². The lowest BCUT2D eigenvalue weighted by Crippen LogP contribution is -2.49. The molecule has 0 atom stereocenters. The van der Waals surface area contributed by atoms with Gasteiger partial charge in [-0.05, 0) is 50.6 Å². The molecular formula is C23H26FN5O3S. The highest BCUT2D eigenvalue weighted by Crippen LogP contribution is 2.36. The van der Waals surface area contributed by atoms with Crippen LogP contribution in [0.4, 0.5) is 15.9 Å². The van der Waals surface area contributed by atoms with E-state index < -0.39 is 0 Å². The van der Waals surface area contributed by atoms with Gasteiger partial charge in [0.2, 0.25) is 5.91 Å². The molecule has 33 heavy (non-hydrogen) atoms. The van der Waals surface area contributed by atoms with E-state index in [0.717, 1.165) is 21.6 Å². The van der Waals surface area contributed by atoms with Crippen molar-refractivity contribution in [3.05, 3.63) is 46.3 Å². The van der Waals surface area contributed by atoms with Gasteiger partial charge in [0.15, 0.2) is 0 Å². The fourth-order valence-corrected chi connectivity index (χ4v) is 5.01. The Morgan fingerprint density at radius 1 is 1.12 bits per heavy atom. The van der Waals surface area contributed by atoms with Crippen LogP contribution in [-0.4, -0.2) is 66.1 Å². The van der Waals surface area contributed by atoms with Crippen molar-refractivity contribution in [2.75, 3.05) is 49.5 Å². The number of carbonyl (C=O) groups is 2. The summed E-state index contributed by atoms with van der Waals surface area (Å²) in [5, 5.41) is 3.68. The van der Waals surface area contributed by atoms with Crippen LogP contribution >= 0.6 is 11.3 Å². The molecule has 1 aliphatic heterocycles. The molecule has 1 aliphatic rings. The summed E-state index contributed by atoms with van der Waals surface area (Å²) >= 11 is 1.34. The van der Waals surface area contributed by atoms with Gasteiger partial charge < -0.3 is 15.0 Å². The minimum absolute atomic E-state index is 0.136. The summed E-state index contributed by atoms with van der Waals surface area (Å²) in [7, 11) is 0. The van der Waals surface area contributed by atoms with Crippen LogP contribution in [-0.2, 0) is 9.53 Å². The molecule has 1 fully saturated rings. The van der Waals surface area contributed by atoms with E-state index in [-0.39, 0.29) is 24.2 Å². The third-order valence-electron chi connectivity index (χ3n) is 5.51.